The van der Waals surface area contributed by atoms with E-state index in [0.29, 0.717) is 19.0 Å². The van der Waals surface area contributed by atoms with E-state index in [2.05, 4.69) is 0 Å². The number of hydrogen-bond acceptors (Lipinski definition) is 4. The van der Waals surface area contributed by atoms with E-state index in [4.69, 9.17) is 16.7 Å². The number of benzene rings is 1. The number of para-hydroxylation sites is 1. The van der Waals surface area contributed by atoms with Crippen molar-refractivity contribution in [2.45, 2.75) is 20.3 Å². The van der Waals surface area contributed by atoms with Gasteiger partial charge in [-0.2, -0.15) is 0 Å². The van der Waals surface area contributed by atoms with Crippen molar-refractivity contribution in [1.29, 1.82) is 0 Å². The van der Waals surface area contributed by atoms with Crippen LogP contribution in [0.4, 0.5) is 0 Å². The maximum absolute atomic E-state index is 6.12. The molecule has 5 heteroatoms. The van der Waals surface area contributed by atoms with Crippen molar-refractivity contribution in [1.82, 2.24) is 0 Å². The fourth-order valence-electron chi connectivity index (χ4n) is 1.73. The van der Waals surface area contributed by atoms with E-state index in [1.54, 1.807) is 19.6 Å². The molecule has 0 fully saturated rings. The zero-order valence-corrected chi connectivity index (χ0v) is 13.4. The third-order valence-corrected chi connectivity index (χ3v) is 6.54. The highest BCUT2D eigenvalue weighted by Crippen LogP contribution is 2.85. The zero-order valence-electron chi connectivity index (χ0n) is 12.5. The Kier molecular flexibility index (Phi) is 4.57. The molecule has 0 spiro atoms. The van der Waals surface area contributed by atoms with E-state index in [9.17, 15) is 0 Å². The third-order valence-electron chi connectivity index (χ3n) is 2.81. The SMILES string of the molecule is CCCOS(C)(C)(OC)(OCC)Oc1ccccc1. The lowest BCUT2D eigenvalue weighted by atomic mass is 10.3. The van der Waals surface area contributed by atoms with Gasteiger partial charge in [0.2, 0.25) is 0 Å². The zero-order chi connectivity index (χ0) is 14.5. The second kappa shape index (κ2) is 5.32. The fourth-order valence-corrected chi connectivity index (χ4v) is 4.35. The Morgan fingerprint density at radius 1 is 1.00 bits per heavy atom. The molecule has 0 N–H and O–H groups in total. The molecule has 0 aliphatic carbocycles. The van der Waals surface area contributed by atoms with Crippen LogP contribution in [0.15, 0.2) is 30.3 Å². The highest BCUT2D eigenvalue weighted by Gasteiger charge is 2.55. The fraction of sp³-hybridized carbons (Fsp3) is 0.571. The molecule has 1 rings (SSSR count). The van der Waals surface area contributed by atoms with Crippen LogP contribution in [0, 0.1) is 0 Å². The van der Waals surface area contributed by atoms with Gasteiger partial charge in [0.1, 0.15) is 5.75 Å². The molecule has 0 aromatic heterocycles. The Balaban J connectivity index is 3.17. The minimum Gasteiger partial charge on any atom is -0.408 e. The van der Waals surface area contributed by atoms with Crippen LogP contribution in [0.2, 0.25) is 0 Å². The summed E-state index contributed by atoms with van der Waals surface area (Å²) >= 11 is 0. The highest BCUT2D eigenvalue weighted by atomic mass is 32.4. The van der Waals surface area contributed by atoms with Gasteiger partial charge >= 0.3 is 0 Å². The second-order valence-electron chi connectivity index (χ2n) is 4.94. The molecule has 4 nitrogen and oxygen atoms in total. The second-order valence-corrected chi connectivity index (χ2v) is 10.2. The molecule has 0 radical (unpaired) electrons. The molecule has 0 heterocycles. The van der Waals surface area contributed by atoms with Gasteiger partial charge in [0, 0.05) is 12.5 Å². The molecule has 0 aliphatic heterocycles. The molecule has 0 saturated carbocycles. The molecule has 0 atom stereocenters. The summed E-state index contributed by atoms with van der Waals surface area (Å²) in [6, 6.07) is 9.46. The molecule has 0 amide bonds. The topological polar surface area (TPSA) is 36.9 Å². The predicted molar refractivity (Wildman–Crippen MR) is 81.4 cm³/mol. The van der Waals surface area contributed by atoms with E-state index < -0.39 is 9.42 Å². The first kappa shape index (κ1) is 16.3. The van der Waals surface area contributed by atoms with Crippen LogP contribution in [-0.4, -0.2) is 32.8 Å². The Morgan fingerprint density at radius 2 is 1.63 bits per heavy atom. The lowest BCUT2D eigenvalue weighted by molar-refractivity contribution is 0.104. The van der Waals surface area contributed by atoms with Crippen molar-refractivity contribution in [3.63, 3.8) is 0 Å². The van der Waals surface area contributed by atoms with Gasteiger partial charge in [-0.15, -0.1) is 0 Å². The van der Waals surface area contributed by atoms with Gasteiger partial charge in [-0.1, -0.05) is 25.1 Å². The molecular formula is C14H26O4S. The summed E-state index contributed by atoms with van der Waals surface area (Å²) in [4.78, 5) is 0. The van der Waals surface area contributed by atoms with Crippen LogP contribution in [0.5, 0.6) is 5.75 Å². The van der Waals surface area contributed by atoms with Crippen LogP contribution < -0.4 is 4.18 Å². The number of rotatable bonds is 8. The molecule has 0 saturated heterocycles. The third kappa shape index (κ3) is 3.86. The lowest BCUT2D eigenvalue weighted by Gasteiger charge is -2.70. The maximum atomic E-state index is 6.12. The van der Waals surface area contributed by atoms with E-state index in [1.807, 2.05) is 44.2 Å². The molecule has 0 aliphatic rings. The Labute approximate surface area is 116 Å². The first-order chi connectivity index (χ1) is 8.82. The minimum absolute atomic E-state index is 0.443. The van der Waals surface area contributed by atoms with Gasteiger partial charge in [-0.05, 0) is 25.5 Å². The summed E-state index contributed by atoms with van der Waals surface area (Å²) in [5, 5.41) is 0. The van der Waals surface area contributed by atoms with Crippen LogP contribution in [0.1, 0.15) is 20.3 Å². The van der Waals surface area contributed by atoms with Crippen molar-refractivity contribution in [3.05, 3.63) is 30.3 Å². The van der Waals surface area contributed by atoms with Crippen LogP contribution in [-0.2, 0) is 12.5 Å². The summed E-state index contributed by atoms with van der Waals surface area (Å²) in [6.45, 7) is 4.89. The number of hydrogen-bond donors (Lipinski definition) is 0. The van der Waals surface area contributed by atoms with Gasteiger partial charge in [-0.25, -0.2) is 0 Å². The van der Waals surface area contributed by atoms with Crippen molar-refractivity contribution < 1.29 is 16.7 Å². The van der Waals surface area contributed by atoms with Crippen molar-refractivity contribution >= 4 is 9.42 Å². The molecule has 0 bridgehead atoms. The first-order valence-corrected chi connectivity index (χ1v) is 9.46. The summed E-state index contributed by atoms with van der Waals surface area (Å²) in [5.41, 5.74) is 0. The summed E-state index contributed by atoms with van der Waals surface area (Å²) in [5.74, 6) is 0.667. The molecular weight excluding hydrogens is 264 g/mol. The predicted octanol–water partition coefficient (Wildman–Crippen LogP) is 3.97. The quantitative estimate of drug-likeness (QED) is 0.726. The Hall–Kier alpha value is -0.750. The highest BCUT2D eigenvalue weighted by molar-refractivity contribution is 8.50. The molecule has 19 heavy (non-hydrogen) atoms. The monoisotopic (exact) mass is 290 g/mol. The molecule has 1 aromatic rings. The van der Waals surface area contributed by atoms with Gasteiger partial charge in [0.25, 0.3) is 0 Å². The van der Waals surface area contributed by atoms with Crippen LogP contribution >= 0.6 is 9.42 Å². The standard InChI is InChI=1S/C14H26O4S/c1-6-13-17-19(4,5,15-3,16-7-2)18-14-11-9-8-10-12-14/h8-12H,6-7,13H2,1-5H3. The molecule has 0 unspecified atom stereocenters. The first-order valence-electron chi connectivity index (χ1n) is 6.50. The summed E-state index contributed by atoms with van der Waals surface area (Å²) < 4.78 is 23.7. The van der Waals surface area contributed by atoms with Gasteiger partial charge in [0.15, 0.2) is 0 Å². The lowest BCUT2D eigenvalue weighted by Crippen LogP contribution is -2.45. The van der Waals surface area contributed by atoms with Crippen molar-refractivity contribution in [3.8, 4) is 5.75 Å². The largest absolute Gasteiger partial charge is 0.408 e. The van der Waals surface area contributed by atoms with Gasteiger partial charge in [0.05, 0.1) is 29.7 Å². The van der Waals surface area contributed by atoms with E-state index in [-0.39, 0.29) is 0 Å². The average Bonchev–Trinajstić information content (AvgIpc) is 2.38. The smallest absolute Gasteiger partial charge is 0.140 e. The average molecular weight is 290 g/mol. The van der Waals surface area contributed by atoms with E-state index in [0.717, 1.165) is 6.42 Å². The van der Waals surface area contributed by atoms with Gasteiger partial charge < -0.3 is 4.18 Å². The van der Waals surface area contributed by atoms with E-state index >= 15 is 0 Å². The Morgan fingerprint density at radius 3 is 2.11 bits per heavy atom. The summed E-state index contributed by atoms with van der Waals surface area (Å²) in [6.07, 6.45) is 4.43. The molecule has 112 valence electrons. The van der Waals surface area contributed by atoms with E-state index in [1.165, 1.54) is 0 Å². The van der Waals surface area contributed by atoms with Crippen molar-refractivity contribution in [2.24, 2.45) is 0 Å². The van der Waals surface area contributed by atoms with Gasteiger partial charge in [-0.3, -0.25) is 12.5 Å². The van der Waals surface area contributed by atoms with Crippen LogP contribution in [0.3, 0.4) is 0 Å². The molecule has 1 aromatic carbocycles. The normalized spacial score (nSPS) is 15.6. The maximum Gasteiger partial charge on any atom is 0.140 e. The van der Waals surface area contributed by atoms with Crippen LogP contribution in [0.25, 0.3) is 0 Å². The Bertz CT molecular complexity index is 419. The minimum atomic E-state index is -3.96. The van der Waals surface area contributed by atoms with Crippen molar-refractivity contribution in [2.75, 3.05) is 32.8 Å². The summed E-state index contributed by atoms with van der Waals surface area (Å²) in [7, 11) is -2.40.